The third-order valence-electron chi connectivity index (χ3n) is 3.80. The number of aryl methyl sites for hydroxylation is 1. The molecule has 0 saturated carbocycles. The van der Waals surface area contributed by atoms with Crippen molar-refractivity contribution in [3.8, 4) is 5.75 Å². The van der Waals surface area contributed by atoms with Gasteiger partial charge in [0.1, 0.15) is 5.75 Å². The van der Waals surface area contributed by atoms with Gasteiger partial charge in [0.2, 0.25) is 0 Å². The molecule has 25 heavy (non-hydrogen) atoms. The van der Waals surface area contributed by atoms with E-state index in [-0.39, 0.29) is 5.91 Å². The highest BCUT2D eigenvalue weighted by atomic mass is 35.5. The molecule has 4 nitrogen and oxygen atoms in total. The van der Waals surface area contributed by atoms with Gasteiger partial charge < -0.3 is 4.74 Å². The number of nitrogens with zero attached hydrogens (tertiary/aromatic N) is 1. The Balaban J connectivity index is 1.90. The van der Waals surface area contributed by atoms with Gasteiger partial charge in [-0.25, -0.2) is 5.43 Å². The zero-order valence-electron chi connectivity index (χ0n) is 14.9. The highest BCUT2D eigenvalue weighted by Gasteiger charge is 2.15. The molecule has 0 aromatic heterocycles. The van der Waals surface area contributed by atoms with Crippen LogP contribution < -0.4 is 10.2 Å². The predicted octanol–water partition coefficient (Wildman–Crippen LogP) is 4.69. The van der Waals surface area contributed by atoms with Gasteiger partial charge in [0.25, 0.3) is 5.91 Å². The molecule has 1 N–H and O–H groups in total. The summed E-state index contributed by atoms with van der Waals surface area (Å²) in [5, 5.41) is 4.62. The Morgan fingerprint density at radius 1 is 1.16 bits per heavy atom. The molecule has 0 saturated heterocycles. The van der Waals surface area contributed by atoms with Crippen molar-refractivity contribution in [3.63, 3.8) is 0 Å². The van der Waals surface area contributed by atoms with Crippen LogP contribution in [0.3, 0.4) is 0 Å². The van der Waals surface area contributed by atoms with Crippen molar-refractivity contribution in [3.05, 3.63) is 64.2 Å². The van der Waals surface area contributed by atoms with Gasteiger partial charge in [-0.1, -0.05) is 49.7 Å². The molecule has 1 atom stereocenters. The van der Waals surface area contributed by atoms with Crippen LogP contribution in [0.5, 0.6) is 5.75 Å². The number of hydrogen-bond acceptors (Lipinski definition) is 3. The molecular formula is C20H23ClN2O2. The van der Waals surface area contributed by atoms with Crippen molar-refractivity contribution in [2.45, 2.75) is 39.7 Å². The zero-order chi connectivity index (χ0) is 18.4. The highest BCUT2D eigenvalue weighted by Crippen LogP contribution is 2.22. The fourth-order valence-electron chi connectivity index (χ4n) is 2.22. The molecule has 2 aromatic carbocycles. The Morgan fingerprint density at radius 2 is 1.84 bits per heavy atom. The Morgan fingerprint density at radius 3 is 2.44 bits per heavy atom. The standard InChI is InChI=1S/C20H23ClN2O2/c1-13(2)17-7-5-16(6-8-17)12-22-23-20(24)15(4)25-19-10-9-18(21)11-14(19)3/h5-13,15H,1-4H3,(H,23,24). The van der Waals surface area contributed by atoms with Gasteiger partial charge in [0.05, 0.1) is 6.21 Å². The van der Waals surface area contributed by atoms with E-state index in [4.69, 9.17) is 16.3 Å². The van der Waals surface area contributed by atoms with E-state index in [9.17, 15) is 4.79 Å². The number of carbonyl (C=O) groups excluding carboxylic acids is 1. The van der Waals surface area contributed by atoms with Gasteiger partial charge in [-0.3, -0.25) is 4.79 Å². The summed E-state index contributed by atoms with van der Waals surface area (Å²) < 4.78 is 5.66. The molecule has 0 heterocycles. The van der Waals surface area contributed by atoms with E-state index in [2.05, 4.69) is 36.5 Å². The quantitative estimate of drug-likeness (QED) is 0.601. The molecule has 1 amide bonds. The maximum absolute atomic E-state index is 12.1. The molecule has 2 rings (SSSR count). The molecule has 1 unspecified atom stereocenters. The summed E-state index contributed by atoms with van der Waals surface area (Å²) in [7, 11) is 0. The van der Waals surface area contributed by atoms with E-state index >= 15 is 0 Å². The molecule has 0 radical (unpaired) electrons. The number of ether oxygens (including phenoxy) is 1. The Hall–Kier alpha value is -2.33. The lowest BCUT2D eigenvalue weighted by Gasteiger charge is -2.14. The summed E-state index contributed by atoms with van der Waals surface area (Å²) in [6.07, 6.45) is 0.947. The third-order valence-corrected chi connectivity index (χ3v) is 4.04. The van der Waals surface area contributed by atoms with Crippen molar-refractivity contribution >= 4 is 23.7 Å². The van der Waals surface area contributed by atoms with Crippen molar-refractivity contribution in [1.82, 2.24) is 5.43 Å². The molecule has 2 aromatic rings. The summed E-state index contributed by atoms with van der Waals surface area (Å²) in [5.74, 6) is 0.796. The Kier molecular flexibility index (Phi) is 6.59. The molecule has 0 bridgehead atoms. The van der Waals surface area contributed by atoms with E-state index in [0.717, 1.165) is 11.1 Å². The normalized spacial score (nSPS) is 12.4. The van der Waals surface area contributed by atoms with Crippen LogP contribution in [0.15, 0.2) is 47.6 Å². The summed E-state index contributed by atoms with van der Waals surface area (Å²) in [5.41, 5.74) is 5.56. The Labute approximate surface area is 153 Å². The summed E-state index contributed by atoms with van der Waals surface area (Å²) in [6.45, 7) is 7.85. The number of carbonyl (C=O) groups is 1. The van der Waals surface area contributed by atoms with Crippen LogP contribution in [0.25, 0.3) is 0 Å². The lowest BCUT2D eigenvalue weighted by molar-refractivity contribution is -0.127. The van der Waals surface area contributed by atoms with Gasteiger partial charge in [0, 0.05) is 5.02 Å². The van der Waals surface area contributed by atoms with Crippen molar-refractivity contribution in [1.29, 1.82) is 0 Å². The van der Waals surface area contributed by atoms with Crippen molar-refractivity contribution < 1.29 is 9.53 Å². The molecule has 0 aliphatic rings. The van der Waals surface area contributed by atoms with Crippen LogP contribution in [0.2, 0.25) is 5.02 Å². The molecule has 0 aliphatic heterocycles. The number of rotatable bonds is 6. The summed E-state index contributed by atoms with van der Waals surface area (Å²) >= 11 is 5.92. The average Bonchev–Trinajstić information content (AvgIpc) is 2.57. The topological polar surface area (TPSA) is 50.7 Å². The summed E-state index contributed by atoms with van der Waals surface area (Å²) in [6, 6.07) is 13.3. The van der Waals surface area contributed by atoms with Crippen LogP contribution in [0.4, 0.5) is 0 Å². The van der Waals surface area contributed by atoms with Gasteiger partial charge in [-0.05, 0) is 54.7 Å². The fourth-order valence-corrected chi connectivity index (χ4v) is 2.44. The first-order valence-corrected chi connectivity index (χ1v) is 8.60. The molecule has 0 spiro atoms. The van der Waals surface area contributed by atoms with Crippen LogP contribution in [-0.2, 0) is 4.79 Å². The minimum absolute atomic E-state index is 0.315. The van der Waals surface area contributed by atoms with Gasteiger partial charge in [0.15, 0.2) is 6.10 Å². The molecule has 0 fully saturated rings. The molecule has 132 valence electrons. The summed E-state index contributed by atoms with van der Waals surface area (Å²) in [4.78, 5) is 12.1. The zero-order valence-corrected chi connectivity index (χ0v) is 15.7. The van der Waals surface area contributed by atoms with Gasteiger partial charge >= 0.3 is 0 Å². The second kappa shape index (κ2) is 8.67. The number of halogens is 1. The fraction of sp³-hybridized carbons (Fsp3) is 0.300. The minimum atomic E-state index is -0.666. The van der Waals surface area contributed by atoms with Gasteiger partial charge in [-0.15, -0.1) is 0 Å². The van der Waals surface area contributed by atoms with E-state index in [1.165, 1.54) is 5.56 Å². The monoisotopic (exact) mass is 358 g/mol. The second-order valence-corrected chi connectivity index (χ2v) is 6.66. The first kappa shape index (κ1) is 19.0. The SMILES string of the molecule is Cc1cc(Cl)ccc1OC(C)C(=O)NN=Cc1ccc(C(C)C)cc1. The van der Waals surface area contributed by atoms with Crippen molar-refractivity contribution in [2.24, 2.45) is 5.10 Å². The highest BCUT2D eigenvalue weighted by molar-refractivity contribution is 6.30. The molecule has 5 heteroatoms. The van der Waals surface area contributed by atoms with E-state index in [1.807, 2.05) is 19.1 Å². The predicted molar refractivity (Wildman–Crippen MR) is 103 cm³/mol. The smallest absolute Gasteiger partial charge is 0.280 e. The van der Waals surface area contributed by atoms with E-state index in [0.29, 0.717) is 16.7 Å². The maximum Gasteiger partial charge on any atom is 0.280 e. The van der Waals surface area contributed by atoms with E-state index < -0.39 is 6.10 Å². The number of hydrogen-bond donors (Lipinski definition) is 1. The lowest BCUT2D eigenvalue weighted by atomic mass is 10.0. The van der Waals surface area contributed by atoms with E-state index in [1.54, 1.807) is 31.3 Å². The van der Waals surface area contributed by atoms with Crippen LogP contribution >= 0.6 is 11.6 Å². The minimum Gasteiger partial charge on any atom is -0.481 e. The second-order valence-electron chi connectivity index (χ2n) is 6.23. The number of benzene rings is 2. The number of amides is 1. The molecule has 0 aliphatic carbocycles. The van der Waals surface area contributed by atoms with Gasteiger partial charge in [-0.2, -0.15) is 5.10 Å². The number of hydrazone groups is 1. The first-order valence-electron chi connectivity index (χ1n) is 8.22. The molecular weight excluding hydrogens is 336 g/mol. The van der Waals surface area contributed by atoms with Crippen LogP contribution in [-0.4, -0.2) is 18.2 Å². The largest absolute Gasteiger partial charge is 0.481 e. The van der Waals surface area contributed by atoms with Crippen LogP contribution in [0, 0.1) is 6.92 Å². The maximum atomic E-state index is 12.1. The lowest BCUT2D eigenvalue weighted by Crippen LogP contribution is -2.33. The Bertz CT molecular complexity index is 755. The number of nitrogens with one attached hydrogen (secondary N) is 1. The third kappa shape index (κ3) is 5.61. The van der Waals surface area contributed by atoms with Crippen molar-refractivity contribution in [2.75, 3.05) is 0 Å². The van der Waals surface area contributed by atoms with Crippen LogP contribution in [0.1, 0.15) is 43.4 Å². The first-order chi connectivity index (χ1) is 11.9. The average molecular weight is 359 g/mol.